The largest absolute Gasteiger partial charge is 0.493 e. The van der Waals surface area contributed by atoms with Gasteiger partial charge < -0.3 is 19.3 Å². The second-order valence-electron chi connectivity index (χ2n) is 5.79. The molecule has 27 heavy (non-hydrogen) atoms. The monoisotopic (exact) mass is 397 g/mol. The van der Waals surface area contributed by atoms with Crippen LogP contribution in [0.2, 0.25) is 0 Å². The van der Waals surface area contributed by atoms with Gasteiger partial charge in [-0.15, -0.1) is 0 Å². The van der Waals surface area contributed by atoms with Crippen molar-refractivity contribution in [3.8, 4) is 11.5 Å². The molecule has 0 saturated heterocycles. The summed E-state index contributed by atoms with van der Waals surface area (Å²) in [5.74, 6) is -0.210. The second-order valence-corrected chi connectivity index (χ2v) is 7.73. The van der Waals surface area contributed by atoms with Gasteiger partial charge in [-0.3, -0.25) is 4.79 Å². The Labute approximate surface area is 158 Å². The molecule has 9 heteroatoms. The molecule has 8 nitrogen and oxygen atoms in total. The van der Waals surface area contributed by atoms with Crippen molar-refractivity contribution < 1.29 is 32.5 Å². The summed E-state index contributed by atoms with van der Waals surface area (Å²) in [6.07, 6.45) is 0.390. The topological polar surface area (TPSA) is 102 Å². The van der Waals surface area contributed by atoms with Crippen LogP contribution in [0.1, 0.15) is 6.42 Å². The van der Waals surface area contributed by atoms with Crippen LogP contribution in [0.15, 0.2) is 35.2 Å². The number of carboxylic acids is 1. The van der Waals surface area contributed by atoms with Gasteiger partial charge in [0.05, 0.1) is 19.1 Å². The molecule has 148 valence electrons. The molecular weight excluding hydrogens is 374 g/mol. The maximum Gasteiger partial charge on any atom is 0.318 e. The number of methoxy groups -OCH3 is 3. The average Bonchev–Trinajstić information content (AvgIpc) is 2.65. The Morgan fingerprint density at radius 3 is 2.22 bits per heavy atom. The molecule has 0 radical (unpaired) electrons. The number of benzene rings is 2. The van der Waals surface area contributed by atoms with Crippen LogP contribution >= 0.6 is 0 Å². The van der Waals surface area contributed by atoms with Gasteiger partial charge >= 0.3 is 5.97 Å². The van der Waals surface area contributed by atoms with Crippen LogP contribution in [0.25, 0.3) is 10.8 Å². The van der Waals surface area contributed by atoms with Crippen molar-refractivity contribution in [2.45, 2.75) is 11.3 Å². The summed E-state index contributed by atoms with van der Waals surface area (Å²) >= 11 is 0. The van der Waals surface area contributed by atoms with Crippen LogP contribution in [-0.4, -0.2) is 64.8 Å². The van der Waals surface area contributed by atoms with Crippen molar-refractivity contribution in [1.29, 1.82) is 0 Å². The lowest BCUT2D eigenvalue weighted by molar-refractivity contribution is -0.137. The normalized spacial score (nSPS) is 11.7. The molecule has 0 aromatic heterocycles. The van der Waals surface area contributed by atoms with Gasteiger partial charge in [0.25, 0.3) is 0 Å². The number of ether oxygens (including phenoxy) is 3. The van der Waals surface area contributed by atoms with Crippen LogP contribution in [0.4, 0.5) is 0 Å². The molecule has 0 saturated carbocycles. The molecule has 0 bridgehead atoms. The molecule has 0 amide bonds. The maximum atomic E-state index is 12.9. The van der Waals surface area contributed by atoms with E-state index in [0.717, 1.165) is 9.69 Å². The van der Waals surface area contributed by atoms with Crippen molar-refractivity contribution in [3.05, 3.63) is 30.3 Å². The van der Waals surface area contributed by atoms with E-state index in [2.05, 4.69) is 0 Å². The smallest absolute Gasteiger partial charge is 0.318 e. The van der Waals surface area contributed by atoms with Gasteiger partial charge in [0.2, 0.25) is 10.0 Å². The zero-order chi connectivity index (χ0) is 20.0. The summed E-state index contributed by atoms with van der Waals surface area (Å²) in [6, 6.07) is 8.03. The van der Waals surface area contributed by atoms with Crippen molar-refractivity contribution in [1.82, 2.24) is 4.31 Å². The van der Waals surface area contributed by atoms with E-state index in [1.807, 2.05) is 0 Å². The summed E-state index contributed by atoms with van der Waals surface area (Å²) in [5.41, 5.74) is 0. The molecule has 0 spiro atoms. The number of rotatable bonds is 10. The minimum atomic E-state index is -3.98. The number of nitrogens with zero attached hydrogens (tertiary/aromatic N) is 1. The molecule has 2 aromatic rings. The lowest BCUT2D eigenvalue weighted by Gasteiger charge is -2.20. The average molecular weight is 397 g/mol. The molecule has 0 fully saturated rings. The minimum absolute atomic E-state index is 0.0147. The van der Waals surface area contributed by atoms with E-state index < -0.39 is 22.5 Å². The second kappa shape index (κ2) is 9.03. The number of aliphatic carboxylic acids is 1. The Balaban J connectivity index is 2.45. The molecule has 0 aliphatic carbocycles. The number of sulfonamides is 1. The number of carbonyl (C=O) groups is 1. The number of fused-ring (bicyclic) bond motifs is 1. The molecule has 0 heterocycles. The fourth-order valence-corrected chi connectivity index (χ4v) is 4.15. The van der Waals surface area contributed by atoms with E-state index in [-0.39, 0.29) is 11.4 Å². The Bertz CT molecular complexity index is 911. The Morgan fingerprint density at radius 2 is 1.67 bits per heavy atom. The van der Waals surface area contributed by atoms with Crippen molar-refractivity contribution in [2.24, 2.45) is 0 Å². The van der Waals surface area contributed by atoms with Crippen LogP contribution in [0.3, 0.4) is 0 Å². The van der Waals surface area contributed by atoms with Gasteiger partial charge in [-0.05, 0) is 41.5 Å². The van der Waals surface area contributed by atoms with E-state index in [4.69, 9.17) is 19.3 Å². The first-order valence-corrected chi connectivity index (χ1v) is 9.64. The van der Waals surface area contributed by atoms with E-state index in [1.54, 1.807) is 18.2 Å². The van der Waals surface area contributed by atoms with E-state index in [1.165, 1.54) is 33.5 Å². The molecule has 2 aromatic carbocycles. The summed E-state index contributed by atoms with van der Waals surface area (Å²) in [6.45, 7) is -0.233. The molecule has 0 aliphatic heterocycles. The van der Waals surface area contributed by atoms with Crippen LogP contribution in [0, 0.1) is 0 Å². The Morgan fingerprint density at radius 1 is 1.04 bits per heavy atom. The van der Waals surface area contributed by atoms with Gasteiger partial charge in [-0.1, -0.05) is 6.07 Å². The van der Waals surface area contributed by atoms with E-state index >= 15 is 0 Å². The third-order valence-corrected chi connectivity index (χ3v) is 5.86. The summed E-state index contributed by atoms with van der Waals surface area (Å²) in [4.78, 5) is 11.1. The molecule has 0 atom stereocenters. The molecule has 0 aliphatic rings. The van der Waals surface area contributed by atoms with Gasteiger partial charge in [-0.2, -0.15) is 4.31 Å². The van der Waals surface area contributed by atoms with Crippen LogP contribution < -0.4 is 9.47 Å². The first-order chi connectivity index (χ1) is 12.8. The number of hydrogen-bond acceptors (Lipinski definition) is 6. The lowest BCUT2D eigenvalue weighted by atomic mass is 10.1. The zero-order valence-electron chi connectivity index (χ0n) is 15.5. The highest BCUT2D eigenvalue weighted by molar-refractivity contribution is 7.89. The fraction of sp³-hybridized carbons (Fsp3) is 0.389. The van der Waals surface area contributed by atoms with Crippen LogP contribution in [-0.2, 0) is 19.6 Å². The summed E-state index contributed by atoms with van der Waals surface area (Å²) in [7, 11) is 0.537. The fourth-order valence-electron chi connectivity index (χ4n) is 2.68. The first-order valence-electron chi connectivity index (χ1n) is 8.20. The maximum absolute atomic E-state index is 12.9. The van der Waals surface area contributed by atoms with Crippen molar-refractivity contribution >= 4 is 26.8 Å². The van der Waals surface area contributed by atoms with Crippen molar-refractivity contribution in [2.75, 3.05) is 41.0 Å². The molecule has 1 N–H and O–H groups in total. The zero-order valence-corrected chi connectivity index (χ0v) is 16.3. The highest BCUT2D eigenvalue weighted by Crippen LogP contribution is 2.33. The van der Waals surface area contributed by atoms with Gasteiger partial charge in [0.1, 0.15) is 6.54 Å². The number of hydrogen-bond donors (Lipinski definition) is 1. The summed E-state index contributed by atoms with van der Waals surface area (Å²) in [5, 5.41) is 10.5. The Hall–Kier alpha value is -2.36. The quantitative estimate of drug-likeness (QED) is 0.612. The predicted octanol–water partition coefficient (Wildman–Crippen LogP) is 1.97. The van der Waals surface area contributed by atoms with Crippen LogP contribution in [0.5, 0.6) is 11.5 Å². The minimum Gasteiger partial charge on any atom is -0.493 e. The van der Waals surface area contributed by atoms with Gasteiger partial charge in [-0.25, -0.2) is 8.42 Å². The highest BCUT2D eigenvalue weighted by Gasteiger charge is 2.26. The van der Waals surface area contributed by atoms with E-state index in [0.29, 0.717) is 29.9 Å². The SMILES string of the molecule is COCCCN(CC(=O)O)S(=O)(=O)c1ccc2cc(OC)c(OC)cc2c1. The molecule has 2 rings (SSSR count). The first kappa shape index (κ1) is 20.9. The molecular formula is C18H23NO7S. The standard InChI is InChI=1S/C18H23NO7S/c1-24-8-4-7-19(12-18(20)21)27(22,23)15-6-5-13-10-16(25-2)17(26-3)11-14(13)9-15/h5-6,9-11H,4,7-8,12H2,1-3H3,(H,20,21). The third-order valence-electron chi connectivity index (χ3n) is 4.02. The lowest BCUT2D eigenvalue weighted by Crippen LogP contribution is -2.36. The van der Waals surface area contributed by atoms with E-state index in [9.17, 15) is 13.2 Å². The van der Waals surface area contributed by atoms with Crippen molar-refractivity contribution in [3.63, 3.8) is 0 Å². The van der Waals surface area contributed by atoms with Gasteiger partial charge in [0, 0.05) is 20.3 Å². The third kappa shape index (κ3) is 4.88. The summed E-state index contributed by atoms with van der Waals surface area (Å²) < 4.78 is 42.3. The highest BCUT2D eigenvalue weighted by atomic mass is 32.2. The Kier molecular flexibility index (Phi) is 7.00. The van der Waals surface area contributed by atoms with Gasteiger partial charge in [0.15, 0.2) is 11.5 Å². The molecule has 0 unspecified atom stereocenters. The number of carboxylic acid groups (broad SMARTS) is 1. The predicted molar refractivity (Wildman–Crippen MR) is 99.9 cm³/mol.